The monoisotopic (exact) mass is 269 g/mol. The molecule has 1 aliphatic rings. The molecule has 1 fully saturated rings. The molecular weight excluding hydrogens is 242 g/mol. The SMILES string of the molecule is CCC(NC(=O)CC(C)CC(=O)O)C1CCCCC1. The molecule has 0 aliphatic heterocycles. The number of aliphatic carboxylic acids is 1. The number of amides is 1. The molecule has 0 spiro atoms. The minimum atomic E-state index is -0.834. The van der Waals surface area contributed by atoms with Crippen LogP contribution in [-0.2, 0) is 9.59 Å². The topological polar surface area (TPSA) is 66.4 Å². The quantitative estimate of drug-likeness (QED) is 0.746. The molecule has 0 saturated heterocycles. The molecule has 2 unspecified atom stereocenters. The average Bonchev–Trinajstić information content (AvgIpc) is 2.35. The Morgan fingerprint density at radius 1 is 1.21 bits per heavy atom. The fourth-order valence-electron chi connectivity index (χ4n) is 3.04. The highest BCUT2D eigenvalue weighted by Crippen LogP contribution is 2.27. The zero-order valence-corrected chi connectivity index (χ0v) is 12.2. The van der Waals surface area contributed by atoms with Crippen molar-refractivity contribution in [2.24, 2.45) is 11.8 Å². The Balaban J connectivity index is 2.37. The van der Waals surface area contributed by atoms with Crippen molar-refractivity contribution in [3.8, 4) is 0 Å². The third-order valence-electron chi connectivity index (χ3n) is 4.06. The van der Waals surface area contributed by atoms with Gasteiger partial charge in [-0.15, -0.1) is 0 Å². The molecule has 1 amide bonds. The lowest BCUT2D eigenvalue weighted by atomic mass is 9.83. The van der Waals surface area contributed by atoms with E-state index in [0.29, 0.717) is 12.3 Å². The fraction of sp³-hybridized carbons (Fsp3) is 0.867. The van der Waals surface area contributed by atoms with Crippen LogP contribution >= 0.6 is 0 Å². The van der Waals surface area contributed by atoms with Gasteiger partial charge in [-0.25, -0.2) is 0 Å². The van der Waals surface area contributed by atoms with Gasteiger partial charge in [0.15, 0.2) is 0 Å². The van der Waals surface area contributed by atoms with Crippen molar-refractivity contribution in [2.45, 2.75) is 71.3 Å². The largest absolute Gasteiger partial charge is 0.481 e. The van der Waals surface area contributed by atoms with Crippen LogP contribution in [0.25, 0.3) is 0 Å². The second kappa shape index (κ2) is 8.18. The summed E-state index contributed by atoms with van der Waals surface area (Å²) in [5.74, 6) is -0.315. The summed E-state index contributed by atoms with van der Waals surface area (Å²) in [4.78, 5) is 22.5. The summed E-state index contributed by atoms with van der Waals surface area (Å²) >= 11 is 0. The van der Waals surface area contributed by atoms with E-state index in [1.54, 1.807) is 0 Å². The third-order valence-corrected chi connectivity index (χ3v) is 4.06. The van der Waals surface area contributed by atoms with Crippen LogP contribution in [0.1, 0.15) is 65.2 Å². The lowest BCUT2D eigenvalue weighted by Gasteiger charge is -2.30. The highest BCUT2D eigenvalue weighted by atomic mass is 16.4. The summed E-state index contributed by atoms with van der Waals surface area (Å²) in [6.45, 7) is 3.93. The van der Waals surface area contributed by atoms with Gasteiger partial charge in [0, 0.05) is 18.9 Å². The highest BCUT2D eigenvalue weighted by Gasteiger charge is 2.24. The minimum absolute atomic E-state index is 0.00572. The Morgan fingerprint density at radius 3 is 2.37 bits per heavy atom. The summed E-state index contributed by atoms with van der Waals surface area (Å²) in [5, 5.41) is 11.8. The minimum Gasteiger partial charge on any atom is -0.481 e. The number of carbonyl (C=O) groups excluding carboxylic acids is 1. The van der Waals surface area contributed by atoms with Gasteiger partial charge in [0.2, 0.25) is 5.91 Å². The second-order valence-corrected chi connectivity index (χ2v) is 5.89. The van der Waals surface area contributed by atoms with Crippen molar-refractivity contribution in [3.05, 3.63) is 0 Å². The highest BCUT2D eigenvalue weighted by molar-refractivity contribution is 5.77. The molecule has 4 nitrogen and oxygen atoms in total. The summed E-state index contributed by atoms with van der Waals surface area (Å²) in [6, 6.07) is 0.268. The number of carboxylic acids is 1. The van der Waals surface area contributed by atoms with Crippen LogP contribution in [-0.4, -0.2) is 23.0 Å². The predicted octanol–water partition coefficient (Wildman–Crippen LogP) is 2.96. The zero-order valence-electron chi connectivity index (χ0n) is 12.2. The van der Waals surface area contributed by atoms with E-state index in [-0.39, 0.29) is 24.3 Å². The van der Waals surface area contributed by atoms with Gasteiger partial charge in [0.25, 0.3) is 0 Å². The van der Waals surface area contributed by atoms with Gasteiger partial charge < -0.3 is 10.4 Å². The Bertz CT molecular complexity index is 298. The summed E-state index contributed by atoms with van der Waals surface area (Å²) in [5.41, 5.74) is 0. The molecule has 2 atom stereocenters. The van der Waals surface area contributed by atoms with E-state index in [2.05, 4.69) is 12.2 Å². The lowest BCUT2D eigenvalue weighted by Crippen LogP contribution is -2.41. The number of carbonyl (C=O) groups is 2. The molecule has 110 valence electrons. The second-order valence-electron chi connectivity index (χ2n) is 5.89. The third kappa shape index (κ3) is 6.08. The predicted molar refractivity (Wildman–Crippen MR) is 74.8 cm³/mol. The maximum atomic E-state index is 11.9. The molecule has 0 bridgehead atoms. The number of nitrogens with one attached hydrogen (secondary N) is 1. The van der Waals surface area contributed by atoms with Crippen LogP contribution in [0.15, 0.2) is 0 Å². The molecule has 0 radical (unpaired) electrons. The van der Waals surface area contributed by atoms with Gasteiger partial charge >= 0.3 is 5.97 Å². The summed E-state index contributed by atoms with van der Waals surface area (Å²) in [7, 11) is 0. The van der Waals surface area contributed by atoms with Crippen LogP contribution in [0.3, 0.4) is 0 Å². The fourth-order valence-corrected chi connectivity index (χ4v) is 3.04. The van der Waals surface area contributed by atoms with E-state index < -0.39 is 5.97 Å². The zero-order chi connectivity index (χ0) is 14.3. The Morgan fingerprint density at radius 2 is 1.84 bits per heavy atom. The summed E-state index contributed by atoms with van der Waals surface area (Å²) in [6.07, 6.45) is 7.62. The number of rotatable bonds is 7. The van der Waals surface area contributed by atoms with Gasteiger partial charge in [0.05, 0.1) is 0 Å². The lowest BCUT2D eigenvalue weighted by molar-refractivity contribution is -0.138. The Hall–Kier alpha value is -1.06. The molecule has 1 saturated carbocycles. The molecule has 2 N–H and O–H groups in total. The molecule has 4 heteroatoms. The Kier molecular flexibility index (Phi) is 6.89. The van der Waals surface area contributed by atoms with Crippen molar-refractivity contribution in [1.29, 1.82) is 0 Å². The van der Waals surface area contributed by atoms with Crippen molar-refractivity contribution >= 4 is 11.9 Å². The van der Waals surface area contributed by atoms with Crippen LogP contribution in [0, 0.1) is 11.8 Å². The number of hydrogen-bond donors (Lipinski definition) is 2. The number of hydrogen-bond acceptors (Lipinski definition) is 2. The van der Waals surface area contributed by atoms with Crippen LogP contribution in [0.5, 0.6) is 0 Å². The van der Waals surface area contributed by atoms with E-state index in [0.717, 1.165) is 6.42 Å². The van der Waals surface area contributed by atoms with Crippen LogP contribution in [0.2, 0.25) is 0 Å². The Labute approximate surface area is 116 Å². The molecule has 19 heavy (non-hydrogen) atoms. The van der Waals surface area contributed by atoms with Crippen molar-refractivity contribution in [1.82, 2.24) is 5.32 Å². The molecule has 0 aromatic rings. The molecule has 1 rings (SSSR count). The van der Waals surface area contributed by atoms with E-state index in [1.165, 1.54) is 32.1 Å². The number of carboxylic acid groups (broad SMARTS) is 1. The first-order valence-electron chi connectivity index (χ1n) is 7.54. The van der Waals surface area contributed by atoms with Gasteiger partial charge in [-0.1, -0.05) is 33.1 Å². The smallest absolute Gasteiger partial charge is 0.303 e. The van der Waals surface area contributed by atoms with E-state index >= 15 is 0 Å². The standard InChI is InChI=1S/C15H27NO3/c1-3-13(12-7-5-4-6-8-12)16-14(17)9-11(2)10-15(18)19/h11-13H,3-10H2,1-2H3,(H,16,17)(H,18,19). The molecule has 0 aromatic heterocycles. The molecular formula is C15H27NO3. The van der Waals surface area contributed by atoms with E-state index in [4.69, 9.17) is 5.11 Å². The normalized spacial score (nSPS) is 19.7. The van der Waals surface area contributed by atoms with Gasteiger partial charge in [-0.3, -0.25) is 9.59 Å². The first kappa shape index (κ1) is 16.0. The van der Waals surface area contributed by atoms with Crippen LogP contribution < -0.4 is 5.32 Å². The van der Waals surface area contributed by atoms with Gasteiger partial charge in [0.1, 0.15) is 0 Å². The van der Waals surface area contributed by atoms with Gasteiger partial charge in [-0.2, -0.15) is 0 Å². The summed E-state index contributed by atoms with van der Waals surface area (Å²) < 4.78 is 0. The maximum absolute atomic E-state index is 11.9. The maximum Gasteiger partial charge on any atom is 0.303 e. The molecule has 0 heterocycles. The van der Waals surface area contributed by atoms with E-state index in [1.807, 2.05) is 6.92 Å². The first-order chi connectivity index (χ1) is 9.02. The van der Waals surface area contributed by atoms with E-state index in [9.17, 15) is 9.59 Å². The molecule has 0 aromatic carbocycles. The van der Waals surface area contributed by atoms with Crippen molar-refractivity contribution in [2.75, 3.05) is 0 Å². The van der Waals surface area contributed by atoms with Crippen LogP contribution in [0.4, 0.5) is 0 Å². The van der Waals surface area contributed by atoms with Crippen molar-refractivity contribution in [3.63, 3.8) is 0 Å². The first-order valence-corrected chi connectivity index (χ1v) is 7.54. The molecule has 1 aliphatic carbocycles. The average molecular weight is 269 g/mol. The van der Waals surface area contributed by atoms with Gasteiger partial charge in [-0.05, 0) is 31.1 Å². The van der Waals surface area contributed by atoms with Crippen molar-refractivity contribution < 1.29 is 14.7 Å².